The Balaban J connectivity index is 2.70. The van der Waals surface area contributed by atoms with E-state index in [1.54, 1.807) is 0 Å². The molecule has 1 heterocycles. The highest BCUT2D eigenvalue weighted by Crippen LogP contribution is 2.10. The lowest BCUT2D eigenvalue weighted by molar-refractivity contribution is 0.137. The molecule has 2 atom stereocenters. The normalized spacial score (nSPS) is 33.6. The number of hydrogen-bond donors (Lipinski definition) is 3. The molecule has 1 fully saturated rings. The molecule has 0 aromatic rings. The molecule has 1 rings (SSSR count). The maximum Gasteiger partial charge on any atom is 0.271 e. The van der Waals surface area contributed by atoms with Gasteiger partial charge in [0, 0.05) is 6.54 Å². The first-order chi connectivity index (χ1) is 5.02. The van der Waals surface area contributed by atoms with Gasteiger partial charge in [-0.15, -0.1) is 0 Å². The standard InChI is InChI=1S/C5H11NO4S/c7-4-1-2-6-3-5(4)11(8,9)10/h4-7H,1-3H2,(H,8,9,10)/t4-,5+/m0/s1. The lowest BCUT2D eigenvalue weighted by Crippen LogP contribution is -2.48. The molecule has 0 amide bonds. The van der Waals surface area contributed by atoms with Crippen molar-refractivity contribution in [2.75, 3.05) is 13.1 Å². The average Bonchev–Trinajstić information content (AvgIpc) is 1.86. The lowest BCUT2D eigenvalue weighted by Gasteiger charge is -2.25. The maximum absolute atomic E-state index is 10.6. The van der Waals surface area contributed by atoms with Crippen LogP contribution in [0.25, 0.3) is 0 Å². The molecule has 1 aliphatic rings. The monoisotopic (exact) mass is 181 g/mol. The van der Waals surface area contributed by atoms with Gasteiger partial charge >= 0.3 is 0 Å². The molecule has 0 radical (unpaired) electrons. The van der Waals surface area contributed by atoms with Crippen molar-refractivity contribution >= 4 is 10.1 Å². The van der Waals surface area contributed by atoms with Gasteiger partial charge in [-0.25, -0.2) is 0 Å². The van der Waals surface area contributed by atoms with E-state index >= 15 is 0 Å². The summed E-state index contributed by atoms with van der Waals surface area (Å²) in [5, 5.41) is 10.8. The van der Waals surface area contributed by atoms with Gasteiger partial charge < -0.3 is 10.4 Å². The number of piperidine rings is 1. The van der Waals surface area contributed by atoms with Crippen molar-refractivity contribution in [2.24, 2.45) is 0 Å². The Hall–Kier alpha value is -0.170. The number of nitrogens with one attached hydrogen (secondary N) is 1. The summed E-state index contributed by atoms with van der Waals surface area (Å²) in [6.45, 7) is 0.715. The summed E-state index contributed by atoms with van der Waals surface area (Å²) >= 11 is 0. The molecule has 0 aliphatic carbocycles. The van der Waals surface area contributed by atoms with Crippen LogP contribution in [0.1, 0.15) is 6.42 Å². The van der Waals surface area contributed by atoms with E-state index in [1.165, 1.54) is 0 Å². The molecule has 0 saturated carbocycles. The predicted octanol–water partition coefficient (Wildman–Crippen LogP) is -1.40. The molecule has 0 spiro atoms. The Kier molecular flexibility index (Phi) is 2.48. The van der Waals surface area contributed by atoms with Crippen molar-refractivity contribution in [3.05, 3.63) is 0 Å². The summed E-state index contributed by atoms with van der Waals surface area (Å²) in [6, 6.07) is 0. The Labute approximate surface area is 65.2 Å². The van der Waals surface area contributed by atoms with Gasteiger partial charge in [0.25, 0.3) is 10.1 Å². The van der Waals surface area contributed by atoms with Crippen molar-refractivity contribution in [2.45, 2.75) is 17.8 Å². The second-order valence-electron chi connectivity index (χ2n) is 2.61. The number of aliphatic hydroxyl groups is 1. The zero-order valence-corrected chi connectivity index (χ0v) is 6.71. The Morgan fingerprint density at radius 2 is 2.09 bits per heavy atom. The summed E-state index contributed by atoms with van der Waals surface area (Å²) < 4.78 is 29.7. The Morgan fingerprint density at radius 1 is 1.45 bits per heavy atom. The van der Waals surface area contributed by atoms with Crippen molar-refractivity contribution in [1.82, 2.24) is 5.32 Å². The Morgan fingerprint density at radius 3 is 2.45 bits per heavy atom. The average molecular weight is 181 g/mol. The van der Waals surface area contributed by atoms with Gasteiger partial charge in [0.15, 0.2) is 0 Å². The SMILES string of the molecule is O=S(=O)(O)[C@@H]1CNCC[C@@H]1O. The van der Waals surface area contributed by atoms with Crippen LogP contribution in [0.2, 0.25) is 0 Å². The summed E-state index contributed by atoms with van der Waals surface area (Å²) in [7, 11) is -4.09. The molecule has 11 heavy (non-hydrogen) atoms. The second-order valence-corrected chi connectivity index (χ2v) is 4.25. The topological polar surface area (TPSA) is 86.6 Å². The van der Waals surface area contributed by atoms with Gasteiger partial charge in [-0.3, -0.25) is 4.55 Å². The van der Waals surface area contributed by atoms with Gasteiger partial charge in [0.05, 0.1) is 6.10 Å². The van der Waals surface area contributed by atoms with E-state index in [0.717, 1.165) is 0 Å². The fraction of sp³-hybridized carbons (Fsp3) is 1.00. The van der Waals surface area contributed by atoms with Crippen LogP contribution in [0.15, 0.2) is 0 Å². The molecular formula is C5H11NO4S. The first-order valence-corrected chi connectivity index (χ1v) is 4.87. The van der Waals surface area contributed by atoms with Crippen LogP contribution in [-0.4, -0.2) is 42.5 Å². The molecule has 1 saturated heterocycles. The molecule has 0 aromatic heterocycles. The van der Waals surface area contributed by atoms with Gasteiger partial charge in [-0.05, 0) is 13.0 Å². The predicted molar refractivity (Wildman–Crippen MR) is 38.8 cm³/mol. The van der Waals surface area contributed by atoms with Crippen LogP contribution in [0.4, 0.5) is 0 Å². The van der Waals surface area contributed by atoms with Gasteiger partial charge in [0.2, 0.25) is 0 Å². The van der Waals surface area contributed by atoms with Crippen LogP contribution in [0.5, 0.6) is 0 Å². The van der Waals surface area contributed by atoms with Crippen molar-refractivity contribution < 1.29 is 18.1 Å². The highest BCUT2D eigenvalue weighted by molar-refractivity contribution is 7.86. The first-order valence-electron chi connectivity index (χ1n) is 3.37. The van der Waals surface area contributed by atoms with Crippen LogP contribution in [0.3, 0.4) is 0 Å². The third kappa shape index (κ3) is 2.13. The summed E-state index contributed by atoms with van der Waals surface area (Å²) in [6.07, 6.45) is -0.573. The van der Waals surface area contributed by atoms with Gasteiger partial charge in [-0.1, -0.05) is 0 Å². The van der Waals surface area contributed by atoms with Crippen molar-refractivity contribution in [1.29, 1.82) is 0 Å². The number of rotatable bonds is 1. The van der Waals surface area contributed by atoms with E-state index in [0.29, 0.717) is 13.0 Å². The minimum atomic E-state index is -4.09. The summed E-state index contributed by atoms with van der Waals surface area (Å²) in [4.78, 5) is 0. The molecular weight excluding hydrogens is 170 g/mol. The van der Waals surface area contributed by atoms with Crippen LogP contribution >= 0.6 is 0 Å². The second kappa shape index (κ2) is 3.06. The van der Waals surface area contributed by atoms with Gasteiger partial charge in [-0.2, -0.15) is 8.42 Å². The molecule has 5 nitrogen and oxygen atoms in total. The molecule has 3 N–H and O–H groups in total. The van der Waals surface area contributed by atoms with E-state index in [-0.39, 0.29) is 6.54 Å². The van der Waals surface area contributed by atoms with Crippen LogP contribution in [0, 0.1) is 0 Å². The Bertz CT molecular complexity index is 225. The summed E-state index contributed by atoms with van der Waals surface area (Å²) in [5.74, 6) is 0. The highest BCUT2D eigenvalue weighted by Gasteiger charge is 2.32. The minimum absolute atomic E-state index is 0.125. The molecule has 66 valence electrons. The third-order valence-corrected chi connectivity index (χ3v) is 3.02. The fourth-order valence-electron chi connectivity index (χ4n) is 1.12. The maximum atomic E-state index is 10.6. The van der Waals surface area contributed by atoms with E-state index in [1.807, 2.05) is 0 Å². The lowest BCUT2D eigenvalue weighted by atomic mass is 10.1. The number of hydrogen-bond acceptors (Lipinski definition) is 4. The molecule has 0 aromatic carbocycles. The quantitative estimate of drug-likeness (QED) is 0.433. The molecule has 0 unspecified atom stereocenters. The van der Waals surface area contributed by atoms with Crippen LogP contribution < -0.4 is 5.32 Å². The van der Waals surface area contributed by atoms with E-state index in [2.05, 4.69) is 5.32 Å². The van der Waals surface area contributed by atoms with Crippen molar-refractivity contribution in [3.8, 4) is 0 Å². The van der Waals surface area contributed by atoms with E-state index in [4.69, 9.17) is 9.66 Å². The van der Waals surface area contributed by atoms with E-state index < -0.39 is 21.5 Å². The molecule has 6 heteroatoms. The highest BCUT2D eigenvalue weighted by atomic mass is 32.2. The zero-order valence-electron chi connectivity index (χ0n) is 5.90. The zero-order chi connectivity index (χ0) is 8.48. The first kappa shape index (κ1) is 8.92. The minimum Gasteiger partial charge on any atom is -0.392 e. The van der Waals surface area contributed by atoms with E-state index in [9.17, 15) is 8.42 Å². The smallest absolute Gasteiger partial charge is 0.271 e. The van der Waals surface area contributed by atoms with Crippen LogP contribution in [-0.2, 0) is 10.1 Å². The molecule has 1 aliphatic heterocycles. The largest absolute Gasteiger partial charge is 0.392 e. The van der Waals surface area contributed by atoms with Gasteiger partial charge in [0.1, 0.15) is 5.25 Å². The molecule has 0 bridgehead atoms. The number of aliphatic hydroxyl groups excluding tert-OH is 1. The fourth-order valence-corrected chi connectivity index (χ4v) is 1.98. The third-order valence-electron chi connectivity index (χ3n) is 1.77. The van der Waals surface area contributed by atoms with Crippen molar-refractivity contribution in [3.63, 3.8) is 0 Å². The summed E-state index contributed by atoms with van der Waals surface area (Å²) in [5.41, 5.74) is 0.